The Morgan fingerprint density at radius 3 is 2.93 bits per heavy atom. The van der Waals surface area contributed by atoms with E-state index >= 15 is 0 Å². The van der Waals surface area contributed by atoms with Crippen molar-refractivity contribution in [2.24, 2.45) is 0 Å². The average molecular weight is 383 g/mol. The Morgan fingerprint density at radius 2 is 2.07 bits per heavy atom. The first-order chi connectivity index (χ1) is 13.2. The molecule has 0 fully saturated rings. The third-order valence-corrected chi connectivity index (χ3v) is 5.02. The number of fused-ring (bicyclic) bond motifs is 1. The van der Waals surface area contributed by atoms with Crippen molar-refractivity contribution < 1.29 is 9.15 Å². The molecule has 0 bridgehead atoms. The lowest BCUT2D eigenvalue weighted by molar-refractivity contribution is 0.410. The zero-order valence-corrected chi connectivity index (χ0v) is 15.6. The average Bonchev–Trinajstić information content (AvgIpc) is 3.26. The van der Waals surface area contributed by atoms with Crippen LogP contribution in [0, 0.1) is 6.92 Å². The Hall–Kier alpha value is -3.07. The van der Waals surface area contributed by atoms with E-state index in [4.69, 9.17) is 9.15 Å². The van der Waals surface area contributed by atoms with Gasteiger partial charge in [-0.15, -0.1) is 5.10 Å². The van der Waals surface area contributed by atoms with Gasteiger partial charge in [-0.3, -0.25) is 4.57 Å². The fourth-order valence-corrected chi connectivity index (χ4v) is 3.65. The van der Waals surface area contributed by atoms with Crippen LogP contribution in [0.2, 0.25) is 0 Å². The smallest absolute Gasteiger partial charge is 0.419 e. The molecule has 27 heavy (non-hydrogen) atoms. The van der Waals surface area contributed by atoms with Crippen LogP contribution in [0.1, 0.15) is 5.56 Å². The maximum Gasteiger partial charge on any atom is 0.419 e. The number of hydrogen-bond donors (Lipinski definition) is 0. The predicted octanol–water partition coefficient (Wildman–Crippen LogP) is 2.68. The van der Waals surface area contributed by atoms with Crippen LogP contribution in [0.3, 0.4) is 0 Å². The van der Waals surface area contributed by atoms with Crippen LogP contribution in [0.15, 0.2) is 56.8 Å². The molecule has 8 nitrogen and oxygen atoms in total. The van der Waals surface area contributed by atoms with Gasteiger partial charge in [0.2, 0.25) is 5.16 Å². The number of para-hydroxylation sites is 2. The molecular formula is C18H17N5O3S. The zero-order valence-electron chi connectivity index (χ0n) is 14.8. The summed E-state index contributed by atoms with van der Waals surface area (Å²) in [5.74, 6) is 0.932. The third-order valence-electron chi connectivity index (χ3n) is 4.12. The summed E-state index contributed by atoms with van der Waals surface area (Å²) in [6.45, 7) is 2.48. The van der Waals surface area contributed by atoms with Gasteiger partial charge >= 0.3 is 5.76 Å². The van der Waals surface area contributed by atoms with Crippen LogP contribution >= 0.6 is 11.8 Å². The van der Waals surface area contributed by atoms with Gasteiger partial charge in [0, 0.05) is 12.3 Å². The molecule has 0 amide bonds. The van der Waals surface area contributed by atoms with E-state index in [1.807, 2.05) is 43.3 Å². The van der Waals surface area contributed by atoms with E-state index in [0.29, 0.717) is 28.8 Å². The minimum absolute atomic E-state index is 0.364. The lowest BCUT2D eigenvalue weighted by Crippen LogP contribution is -2.15. The molecular weight excluding hydrogens is 366 g/mol. The highest BCUT2D eigenvalue weighted by atomic mass is 32.2. The fraction of sp³-hybridized carbons (Fsp3) is 0.222. The van der Waals surface area contributed by atoms with E-state index in [9.17, 15) is 4.79 Å². The van der Waals surface area contributed by atoms with E-state index in [-0.39, 0.29) is 5.76 Å². The van der Waals surface area contributed by atoms with Crippen molar-refractivity contribution in [3.05, 3.63) is 58.6 Å². The second kappa shape index (κ2) is 7.28. The number of thioether (sulfide) groups is 1. The highest BCUT2D eigenvalue weighted by molar-refractivity contribution is 7.99. The molecule has 0 atom stereocenters. The summed E-state index contributed by atoms with van der Waals surface area (Å²) in [4.78, 5) is 12.1. The van der Waals surface area contributed by atoms with Crippen LogP contribution in [0.5, 0.6) is 5.75 Å². The Labute approximate surface area is 158 Å². The molecule has 0 aliphatic carbocycles. The largest absolute Gasteiger partial charge is 0.494 e. The van der Waals surface area contributed by atoms with Crippen LogP contribution in [0.25, 0.3) is 16.8 Å². The van der Waals surface area contributed by atoms with Gasteiger partial charge in [-0.05, 0) is 47.2 Å². The van der Waals surface area contributed by atoms with E-state index in [1.54, 1.807) is 22.4 Å². The first-order valence-electron chi connectivity index (χ1n) is 8.32. The van der Waals surface area contributed by atoms with Crippen LogP contribution in [-0.4, -0.2) is 37.6 Å². The second-order valence-electron chi connectivity index (χ2n) is 5.88. The van der Waals surface area contributed by atoms with Crippen molar-refractivity contribution in [1.82, 2.24) is 24.8 Å². The molecule has 0 radical (unpaired) electrons. The van der Waals surface area contributed by atoms with Gasteiger partial charge in [0.05, 0.1) is 12.6 Å². The SMILES string of the molecule is COc1ccc(C)cc1-n1nnnc1SCCn1c(=O)oc2ccccc21. The summed E-state index contributed by atoms with van der Waals surface area (Å²) < 4.78 is 13.9. The first-order valence-corrected chi connectivity index (χ1v) is 9.30. The van der Waals surface area contributed by atoms with Crippen LogP contribution in [-0.2, 0) is 6.54 Å². The first kappa shape index (κ1) is 17.3. The monoisotopic (exact) mass is 383 g/mol. The van der Waals surface area contributed by atoms with Gasteiger partial charge < -0.3 is 9.15 Å². The Morgan fingerprint density at radius 1 is 1.22 bits per heavy atom. The van der Waals surface area contributed by atoms with E-state index < -0.39 is 0 Å². The third kappa shape index (κ3) is 3.33. The van der Waals surface area contributed by atoms with Gasteiger partial charge in [0.25, 0.3) is 0 Å². The van der Waals surface area contributed by atoms with Crippen molar-refractivity contribution >= 4 is 22.9 Å². The molecule has 4 aromatic rings. The van der Waals surface area contributed by atoms with Crippen molar-refractivity contribution in [2.45, 2.75) is 18.6 Å². The summed E-state index contributed by atoms with van der Waals surface area (Å²) in [5.41, 5.74) is 3.22. The molecule has 0 saturated heterocycles. The molecule has 0 N–H and O–H groups in total. The zero-order chi connectivity index (χ0) is 18.8. The van der Waals surface area contributed by atoms with E-state index in [1.165, 1.54) is 11.8 Å². The summed E-state index contributed by atoms with van der Waals surface area (Å²) in [6, 6.07) is 13.2. The molecule has 2 heterocycles. The normalized spacial score (nSPS) is 11.2. The van der Waals surface area contributed by atoms with Crippen molar-refractivity contribution in [3.63, 3.8) is 0 Å². The minimum Gasteiger partial charge on any atom is -0.494 e. The molecule has 0 aliphatic rings. The number of nitrogens with zero attached hydrogens (tertiary/aromatic N) is 5. The molecule has 0 spiro atoms. The molecule has 2 aromatic heterocycles. The van der Waals surface area contributed by atoms with Crippen molar-refractivity contribution in [3.8, 4) is 11.4 Å². The number of benzene rings is 2. The van der Waals surface area contributed by atoms with Gasteiger partial charge in [0.1, 0.15) is 11.4 Å². The number of aromatic nitrogens is 5. The van der Waals surface area contributed by atoms with Gasteiger partial charge in [0.15, 0.2) is 5.58 Å². The standard InChI is InChI=1S/C18H17N5O3S/c1-12-7-8-15(25-2)14(11-12)23-17(19-20-21-23)27-10-9-22-13-5-3-4-6-16(13)26-18(22)24/h3-8,11H,9-10H2,1-2H3. The Balaban J connectivity index is 1.55. The summed E-state index contributed by atoms with van der Waals surface area (Å²) >= 11 is 1.46. The molecule has 0 saturated carbocycles. The maximum absolute atomic E-state index is 12.1. The molecule has 0 aliphatic heterocycles. The summed E-state index contributed by atoms with van der Waals surface area (Å²) in [6.07, 6.45) is 0. The van der Waals surface area contributed by atoms with Gasteiger partial charge in [-0.25, -0.2) is 4.79 Å². The number of aryl methyl sites for hydroxylation is 2. The summed E-state index contributed by atoms with van der Waals surface area (Å²) in [5, 5.41) is 12.6. The number of methoxy groups -OCH3 is 1. The second-order valence-corrected chi connectivity index (χ2v) is 6.95. The maximum atomic E-state index is 12.1. The van der Waals surface area contributed by atoms with Crippen LogP contribution in [0.4, 0.5) is 0 Å². The number of hydrogen-bond acceptors (Lipinski definition) is 7. The van der Waals surface area contributed by atoms with Gasteiger partial charge in [-0.2, -0.15) is 4.68 Å². The summed E-state index contributed by atoms with van der Waals surface area (Å²) in [7, 11) is 1.61. The quantitative estimate of drug-likeness (QED) is 0.473. The lowest BCUT2D eigenvalue weighted by atomic mass is 10.2. The number of oxazole rings is 1. The lowest BCUT2D eigenvalue weighted by Gasteiger charge is -2.10. The molecule has 0 unspecified atom stereocenters. The topological polar surface area (TPSA) is 88.0 Å². The van der Waals surface area contributed by atoms with Crippen LogP contribution < -0.4 is 10.5 Å². The van der Waals surface area contributed by atoms with Crippen molar-refractivity contribution in [2.75, 3.05) is 12.9 Å². The Kier molecular flexibility index (Phi) is 4.68. The predicted molar refractivity (Wildman–Crippen MR) is 102 cm³/mol. The molecule has 9 heteroatoms. The van der Waals surface area contributed by atoms with Gasteiger partial charge in [-0.1, -0.05) is 30.0 Å². The highest BCUT2D eigenvalue weighted by Crippen LogP contribution is 2.27. The highest BCUT2D eigenvalue weighted by Gasteiger charge is 2.14. The van der Waals surface area contributed by atoms with Crippen molar-refractivity contribution in [1.29, 1.82) is 0 Å². The number of ether oxygens (including phenoxy) is 1. The number of rotatable bonds is 6. The Bertz CT molecular complexity index is 1150. The molecule has 138 valence electrons. The minimum atomic E-state index is -0.364. The molecule has 2 aromatic carbocycles. The van der Waals surface area contributed by atoms with E-state index in [0.717, 1.165) is 16.8 Å². The fourth-order valence-electron chi connectivity index (χ4n) is 2.84. The number of tetrazole rings is 1. The molecule has 4 rings (SSSR count). The van der Waals surface area contributed by atoms with E-state index in [2.05, 4.69) is 15.5 Å².